The molecule has 1 aliphatic rings. The van der Waals surface area contributed by atoms with E-state index in [0.717, 1.165) is 17.3 Å². The lowest BCUT2D eigenvalue weighted by Gasteiger charge is -2.41. The Kier molecular flexibility index (Phi) is 10.8. The van der Waals surface area contributed by atoms with E-state index >= 15 is 0 Å². The van der Waals surface area contributed by atoms with Crippen molar-refractivity contribution in [3.8, 4) is 0 Å². The fraction of sp³-hybridized carbons (Fsp3) is 0.531. The van der Waals surface area contributed by atoms with E-state index in [0.29, 0.717) is 37.8 Å². The van der Waals surface area contributed by atoms with Crippen molar-refractivity contribution < 1.29 is 23.5 Å². The van der Waals surface area contributed by atoms with Gasteiger partial charge in [0.25, 0.3) is 0 Å². The van der Waals surface area contributed by atoms with Gasteiger partial charge in [-0.3, -0.25) is 9.59 Å². The Morgan fingerprint density at radius 2 is 1.71 bits per heavy atom. The first-order valence-corrected chi connectivity index (χ1v) is 14.3. The van der Waals surface area contributed by atoms with Gasteiger partial charge in [-0.2, -0.15) is 5.10 Å². The molecule has 2 unspecified atom stereocenters. The molecule has 1 aliphatic carbocycles. The van der Waals surface area contributed by atoms with Crippen LogP contribution in [-0.4, -0.2) is 52.9 Å². The molecule has 0 aliphatic heterocycles. The highest BCUT2D eigenvalue weighted by Gasteiger charge is 2.37. The van der Waals surface area contributed by atoms with Crippen LogP contribution in [-0.2, 0) is 27.0 Å². The topological polar surface area (TPSA) is 94.0 Å². The van der Waals surface area contributed by atoms with Gasteiger partial charge in [-0.25, -0.2) is 13.8 Å². The molecule has 3 rings (SSSR count). The molecule has 2 aromatic rings. The number of carbonyl (C=O) groups is 2. The fourth-order valence-electron chi connectivity index (χ4n) is 5.42. The van der Waals surface area contributed by atoms with Crippen LogP contribution in [0.5, 0.6) is 0 Å². The lowest BCUT2D eigenvalue weighted by Crippen LogP contribution is -2.53. The highest BCUT2D eigenvalue weighted by atomic mass is 19.1. The summed E-state index contributed by atoms with van der Waals surface area (Å²) in [5, 5.41) is 23.7. The SMILES string of the molecule is CCN(N=C1CCC(NCC(O)C(Cc2cc(F)cc(F)c2)NC(C)=O)(c2cccc(C(C)(C)C)c2)CC1)C(C)=O. The predicted octanol–water partition coefficient (Wildman–Crippen LogP) is 4.95. The van der Waals surface area contributed by atoms with Crippen molar-refractivity contribution in [2.75, 3.05) is 13.1 Å². The standard InChI is InChI=1S/C32H44F2N4O3/c1-7-38(22(3)40)37-28-11-13-32(14-12-28,25-10-8-9-24(18-25)31(4,5)6)35-20-30(41)29(36-21(2)39)17-23-15-26(33)19-27(34)16-23/h8-10,15-16,18-19,29-30,35,41H,7,11-14,17,20H2,1-6H3,(H,36,39). The largest absolute Gasteiger partial charge is 0.390 e. The van der Waals surface area contributed by atoms with Crippen LogP contribution in [0.2, 0.25) is 0 Å². The first-order chi connectivity index (χ1) is 19.2. The number of rotatable bonds is 10. The van der Waals surface area contributed by atoms with Crippen LogP contribution in [0.15, 0.2) is 47.6 Å². The van der Waals surface area contributed by atoms with Crippen molar-refractivity contribution in [3.05, 3.63) is 70.8 Å². The number of aliphatic hydroxyl groups is 1. The maximum absolute atomic E-state index is 13.8. The van der Waals surface area contributed by atoms with E-state index in [1.807, 2.05) is 13.0 Å². The van der Waals surface area contributed by atoms with Crippen molar-refractivity contribution >= 4 is 17.5 Å². The maximum Gasteiger partial charge on any atom is 0.239 e. The summed E-state index contributed by atoms with van der Waals surface area (Å²) >= 11 is 0. The van der Waals surface area contributed by atoms with E-state index in [-0.39, 0.29) is 30.2 Å². The monoisotopic (exact) mass is 570 g/mol. The third-order valence-electron chi connectivity index (χ3n) is 7.77. The molecule has 3 N–H and O–H groups in total. The number of aliphatic hydroxyl groups excluding tert-OH is 1. The number of benzene rings is 2. The number of halogens is 2. The number of hydrogen-bond acceptors (Lipinski definition) is 5. The van der Waals surface area contributed by atoms with Gasteiger partial charge in [0.2, 0.25) is 11.8 Å². The maximum atomic E-state index is 13.8. The van der Waals surface area contributed by atoms with Crippen LogP contribution in [0.25, 0.3) is 0 Å². The van der Waals surface area contributed by atoms with Crippen LogP contribution in [0.1, 0.15) is 83.9 Å². The quantitative estimate of drug-likeness (QED) is 0.352. The molecule has 0 spiro atoms. The van der Waals surface area contributed by atoms with E-state index in [1.165, 1.54) is 36.6 Å². The summed E-state index contributed by atoms with van der Waals surface area (Å²) < 4.78 is 27.7. The summed E-state index contributed by atoms with van der Waals surface area (Å²) in [6, 6.07) is 10.9. The molecule has 0 aromatic heterocycles. The summed E-state index contributed by atoms with van der Waals surface area (Å²) in [4.78, 5) is 23.9. The van der Waals surface area contributed by atoms with Crippen molar-refractivity contribution in [1.29, 1.82) is 0 Å². The molecule has 41 heavy (non-hydrogen) atoms. The molecule has 224 valence electrons. The first kappa shape index (κ1) is 32.3. The minimum atomic E-state index is -1.03. The zero-order valence-electron chi connectivity index (χ0n) is 25.1. The third-order valence-corrected chi connectivity index (χ3v) is 7.77. The highest BCUT2D eigenvalue weighted by Crippen LogP contribution is 2.38. The van der Waals surface area contributed by atoms with Gasteiger partial charge in [0.1, 0.15) is 11.6 Å². The number of amides is 2. The number of hydrazone groups is 1. The van der Waals surface area contributed by atoms with Crippen LogP contribution >= 0.6 is 0 Å². The second-order valence-electron chi connectivity index (χ2n) is 12.1. The summed E-state index contributed by atoms with van der Waals surface area (Å²) in [6.45, 7) is 11.9. The van der Waals surface area contributed by atoms with E-state index in [9.17, 15) is 23.5 Å². The summed E-state index contributed by atoms with van der Waals surface area (Å²) in [5.41, 5.74) is 3.04. The second-order valence-corrected chi connectivity index (χ2v) is 12.1. The molecule has 7 nitrogen and oxygen atoms in total. The Morgan fingerprint density at radius 3 is 2.24 bits per heavy atom. The zero-order chi connectivity index (χ0) is 30.4. The van der Waals surface area contributed by atoms with E-state index in [4.69, 9.17) is 0 Å². The summed E-state index contributed by atoms with van der Waals surface area (Å²) in [5.74, 6) is -1.86. The molecule has 0 saturated heterocycles. The van der Waals surface area contributed by atoms with Crippen LogP contribution in [0, 0.1) is 11.6 Å². The minimum Gasteiger partial charge on any atom is -0.390 e. The Balaban J connectivity index is 1.88. The number of nitrogens with zero attached hydrogens (tertiary/aromatic N) is 2. The molecular formula is C32H44F2N4O3. The third kappa shape index (κ3) is 8.91. The summed E-state index contributed by atoms with van der Waals surface area (Å²) in [6.07, 6.45) is 1.77. The Labute approximate surface area is 242 Å². The molecule has 0 bridgehead atoms. The van der Waals surface area contributed by atoms with Crippen molar-refractivity contribution in [2.24, 2.45) is 5.10 Å². The van der Waals surface area contributed by atoms with Gasteiger partial charge in [-0.05, 0) is 73.3 Å². The van der Waals surface area contributed by atoms with E-state index < -0.39 is 29.3 Å². The average Bonchev–Trinajstić information content (AvgIpc) is 2.89. The van der Waals surface area contributed by atoms with Crippen molar-refractivity contribution in [3.63, 3.8) is 0 Å². The number of carbonyl (C=O) groups excluding carboxylic acids is 2. The molecule has 2 amide bonds. The Hall–Kier alpha value is -3.17. The Morgan fingerprint density at radius 1 is 1.07 bits per heavy atom. The summed E-state index contributed by atoms with van der Waals surface area (Å²) in [7, 11) is 0. The van der Waals surface area contributed by atoms with E-state index in [2.05, 4.69) is 54.7 Å². The number of nitrogens with one attached hydrogen (secondary N) is 2. The molecule has 0 radical (unpaired) electrons. The average molecular weight is 571 g/mol. The second kappa shape index (κ2) is 13.7. The van der Waals surface area contributed by atoms with Gasteiger partial charge in [-0.15, -0.1) is 0 Å². The highest BCUT2D eigenvalue weighted by molar-refractivity contribution is 5.87. The first-order valence-electron chi connectivity index (χ1n) is 14.3. The molecule has 0 heterocycles. The van der Waals surface area contributed by atoms with Gasteiger partial charge < -0.3 is 15.7 Å². The molecular weight excluding hydrogens is 526 g/mol. The molecule has 1 fully saturated rings. The smallest absolute Gasteiger partial charge is 0.239 e. The Bertz CT molecular complexity index is 1230. The number of hydrogen-bond donors (Lipinski definition) is 3. The molecule has 2 atom stereocenters. The minimum absolute atomic E-state index is 0.0577. The molecule has 9 heteroatoms. The predicted molar refractivity (Wildman–Crippen MR) is 157 cm³/mol. The normalized spacial score (nSPS) is 18.9. The van der Waals surface area contributed by atoms with Gasteiger partial charge in [-0.1, -0.05) is 45.0 Å². The van der Waals surface area contributed by atoms with Crippen LogP contribution in [0.3, 0.4) is 0 Å². The van der Waals surface area contributed by atoms with E-state index in [1.54, 1.807) is 0 Å². The zero-order valence-corrected chi connectivity index (χ0v) is 25.1. The van der Waals surface area contributed by atoms with Gasteiger partial charge >= 0.3 is 0 Å². The molecule has 1 saturated carbocycles. The van der Waals surface area contributed by atoms with Gasteiger partial charge in [0.05, 0.1) is 12.1 Å². The lowest BCUT2D eigenvalue weighted by atomic mass is 9.74. The van der Waals surface area contributed by atoms with Crippen LogP contribution < -0.4 is 10.6 Å². The van der Waals surface area contributed by atoms with Gasteiger partial charge in [0.15, 0.2) is 0 Å². The lowest BCUT2D eigenvalue weighted by molar-refractivity contribution is -0.128. The van der Waals surface area contributed by atoms with Crippen molar-refractivity contribution in [1.82, 2.24) is 15.6 Å². The molecule has 2 aromatic carbocycles. The fourth-order valence-corrected chi connectivity index (χ4v) is 5.42. The van der Waals surface area contributed by atoms with Gasteiger partial charge in [0, 0.05) is 44.3 Å². The van der Waals surface area contributed by atoms with Crippen LogP contribution in [0.4, 0.5) is 8.78 Å². The van der Waals surface area contributed by atoms with Crippen molar-refractivity contribution in [2.45, 2.75) is 96.7 Å².